The van der Waals surface area contributed by atoms with Crippen molar-refractivity contribution in [1.82, 2.24) is 14.7 Å². The lowest BCUT2D eigenvalue weighted by atomic mass is 9.93. The Balaban J connectivity index is 3.01. The van der Waals surface area contributed by atoms with E-state index < -0.39 is 5.60 Å². The molecule has 0 radical (unpaired) electrons. The molecular formula is C12H22ClN3O. The minimum absolute atomic E-state index is 0.551. The summed E-state index contributed by atoms with van der Waals surface area (Å²) < 4.78 is 1.81. The van der Waals surface area contributed by atoms with E-state index in [0.717, 1.165) is 18.8 Å². The number of hydrogen-bond donors (Lipinski definition) is 1. The van der Waals surface area contributed by atoms with Crippen molar-refractivity contribution in [2.45, 2.75) is 38.8 Å². The fourth-order valence-corrected chi connectivity index (χ4v) is 2.19. The van der Waals surface area contributed by atoms with Crippen LogP contribution in [0.4, 0.5) is 0 Å². The highest BCUT2D eigenvalue weighted by Crippen LogP contribution is 2.33. The van der Waals surface area contributed by atoms with E-state index in [4.69, 9.17) is 11.6 Å². The quantitative estimate of drug-likeness (QED) is 0.851. The number of aromatic nitrogens is 2. The third-order valence-electron chi connectivity index (χ3n) is 3.16. The largest absolute Gasteiger partial charge is 0.384 e. The van der Waals surface area contributed by atoms with Gasteiger partial charge in [0.05, 0.1) is 23.5 Å². The standard InChI is InChI=1S/C12H22ClN3O/c1-5-12(17,6-2)11-10(13)9-14-16(11)8-7-15(3)4/h9,17H,5-8H2,1-4H3. The summed E-state index contributed by atoms with van der Waals surface area (Å²) in [6.45, 7) is 5.53. The Morgan fingerprint density at radius 1 is 1.41 bits per heavy atom. The van der Waals surface area contributed by atoms with E-state index >= 15 is 0 Å². The number of nitrogens with zero attached hydrogens (tertiary/aromatic N) is 3. The fourth-order valence-electron chi connectivity index (χ4n) is 1.87. The van der Waals surface area contributed by atoms with Crippen LogP contribution in [0.3, 0.4) is 0 Å². The van der Waals surface area contributed by atoms with Crippen molar-refractivity contribution in [2.75, 3.05) is 20.6 Å². The molecule has 1 aromatic rings. The average molecular weight is 260 g/mol. The first-order valence-electron chi connectivity index (χ1n) is 6.03. The molecule has 1 N–H and O–H groups in total. The van der Waals surface area contributed by atoms with E-state index in [2.05, 4.69) is 10.00 Å². The molecule has 1 rings (SSSR count). The summed E-state index contributed by atoms with van der Waals surface area (Å²) in [6, 6.07) is 0. The molecule has 17 heavy (non-hydrogen) atoms. The third-order valence-corrected chi connectivity index (χ3v) is 3.44. The number of hydrogen-bond acceptors (Lipinski definition) is 3. The van der Waals surface area contributed by atoms with Gasteiger partial charge in [0.2, 0.25) is 0 Å². The lowest BCUT2D eigenvalue weighted by Gasteiger charge is -2.27. The van der Waals surface area contributed by atoms with Crippen molar-refractivity contribution in [2.24, 2.45) is 0 Å². The van der Waals surface area contributed by atoms with Gasteiger partial charge in [0, 0.05) is 6.54 Å². The van der Waals surface area contributed by atoms with Gasteiger partial charge in [-0.1, -0.05) is 25.4 Å². The van der Waals surface area contributed by atoms with Gasteiger partial charge < -0.3 is 10.0 Å². The first kappa shape index (κ1) is 14.5. The Kier molecular flexibility index (Phi) is 4.98. The monoisotopic (exact) mass is 259 g/mol. The van der Waals surface area contributed by atoms with Crippen LogP contribution in [0.2, 0.25) is 5.02 Å². The second kappa shape index (κ2) is 5.85. The smallest absolute Gasteiger partial charge is 0.107 e. The lowest BCUT2D eigenvalue weighted by Crippen LogP contribution is -2.30. The van der Waals surface area contributed by atoms with Crippen molar-refractivity contribution >= 4 is 11.6 Å². The van der Waals surface area contributed by atoms with Gasteiger partial charge in [0.25, 0.3) is 0 Å². The SMILES string of the molecule is CCC(O)(CC)c1c(Cl)cnn1CCN(C)C. The molecule has 0 amide bonds. The van der Waals surface area contributed by atoms with Crippen LogP contribution >= 0.6 is 11.6 Å². The minimum atomic E-state index is -0.875. The summed E-state index contributed by atoms with van der Waals surface area (Å²) >= 11 is 6.15. The summed E-state index contributed by atoms with van der Waals surface area (Å²) in [4.78, 5) is 2.08. The second-order valence-electron chi connectivity index (χ2n) is 4.61. The van der Waals surface area contributed by atoms with Crippen molar-refractivity contribution in [1.29, 1.82) is 0 Å². The van der Waals surface area contributed by atoms with E-state index in [1.165, 1.54) is 0 Å². The van der Waals surface area contributed by atoms with Crippen LogP contribution in [0.5, 0.6) is 0 Å². The molecule has 0 spiro atoms. The molecule has 0 saturated heterocycles. The number of likely N-dealkylation sites (N-methyl/N-ethyl adjacent to an activating group) is 1. The molecule has 4 nitrogen and oxygen atoms in total. The maximum absolute atomic E-state index is 10.6. The summed E-state index contributed by atoms with van der Waals surface area (Å²) in [5, 5.41) is 15.4. The van der Waals surface area contributed by atoms with E-state index in [9.17, 15) is 5.11 Å². The first-order valence-corrected chi connectivity index (χ1v) is 6.41. The highest BCUT2D eigenvalue weighted by Gasteiger charge is 2.31. The molecule has 1 aromatic heterocycles. The Bertz CT molecular complexity index is 359. The molecule has 1 heterocycles. The normalized spacial score (nSPS) is 12.4. The average Bonchev–Trinajstić information content (AvgIpc) is 2.67. The van der Waals surface area contributed by atoms with E-state index in [1.54, 1.807) is 6.20 Å². The number of rotatable bonds is 6. The van der Waals surface area contributed by atoms with E-state index in [0.29, 0.717) is 17.9 Å². The van der Waals surface area contributed by atoms with Gasteiger partial charge in [-0.25, -0.2) is 0 Å². The molecule has 0 aromatic carbocycles. The van der Waals surface area contributed by atoms with Crippen molar-refractivity contribution in [3.8, 4) is 0 Å². The zero-order valence-electron chi connectivity index (χ0n) is 11.1. The van der Waals surface area contributed by atoms with E-state index in [1.807, 2.05) is 32.6 Å². The van der Waals surface area contributed by atoms with Gasteiger partial charge in [-0.05, 0) is 26.9 Å². The van der Waals surface area contributed by atoms with Gasteiger partial charge in [0.1, 0.15) is 5.60 Å². The molecule has 5 heteroatoms. The van der Waals surface area contributed by atoms with Crippen molar-refractivity contribution in [3.63, 3.8) is 0 Å². The van der Waals surface area contributed by atoms with Gasteiger partial charge >= 0.3 is 0 Å². The number of halogens is 1. The molecule has 0 fully saturated rings. The van der Waals surface area contributed by atoms with Crippen LogP contribution in [0.25, 0.3) is 0 Å². The zero-order chi connectivity index (χ0) is 13.1. The van der Waals surface area contributed by atoms with Crippen LogP contribution in [0.15, 0.2) is 6.20 Å². The maximum Gasteiger partial charge on any atom is 0.107 e. The topological polar surface area (TPSA) is 41.3 Å². The van der Waals surface area contributed by atoms with Crippen molar-refractivity contribution in [3.05, 3.63) is 16.9 Å². The Labute approximate surface area is 108 Å². The predicted molar refractivity (Wildman–Crippen MR) is 70.3 cm³/mol. The molecule has 0 aliphatic heterocycles. The second-order valence-corrected chi connectivity index (χ2v) is 5.01. The Morgan fingerprint density at radius 3 is 2.47 bits per heavy atom. The predicted octanol–water partition coefficient (Wildman–Crippen LogP) is 2.11. The van der Waals surface area contributed by atoms with Gasteiger partial charge in [-0.15, -0.1) is 0 Å². The van der Waals surface area contributed by atoms with Gasteiger partial charge in [-0.3, -0.25) is 4.68 Å². The van der Waals surface area contributed by atoms with Gasteiger partial charge in [-0.2, -0.15) is 5.10 Å². The lowest BCUT2D eigenvalue weighted by molar-refractivity contribution is 0.0190. The van der Waals surface area contributed by atoms with E-state index in [-0.39, 0.29) is 0 Å². The fraction of sp³-hybridized carbons (Fsp3) is 0.750. The molecule has 0 aliphatic rings. The first-order chi connectivity index (χ1) is 7.94. The summed E-state index contributed by atoms with van der Waals surface area (Å²) in [5.41, 5.74) is -0.133. The van der Waals surface area contributed by atoms with Crippen LogP contribution in [-0.4, -0.2) is 40.4 Å². The van der Waals surface area contributed by atoms with Crippen LogP contribution in [0, 0.1) is 0 Å². The molecule has 98 valence electrons. The Hall–Kier alpha value is -0.580. The molecule has 0 saturated carbocycles. The van der Waals surface area contributed by atoms with Crippen LogP contribution in [0.1, 0.15) is 32.4 Å². The molecular weight excluding hydrogens is 238 g/mol. The molecule has 0 atom stereocenters. The van der Waals surface area contributed by atoms with Crippen LogP contribution < -0.4 is 0 Å². The third kappa shape index (κ3) is 3.21. The maximum atomic E-state index is 10.6. The molecule has 0 bridgehead atoms. The highest BCUT2D eigenvalue weighted by molar-refractivity contribution is 6.31. The molecule has 0 unspecified atom stereocenters. The highest BCUT2D eigenvalue weighted by atomic mass is 35.5. The summed E-state index contributed by atoms with van der Waals surface area (Å²) in [5.74, 6) is 0. The van der Waals surface area contributed by atoms with Crippen molar-refractivity contribution < 1.29 is 5.11 Å². The molecule has 0 aliphatic carbocycles. The summed E-state index contributed by atoms with van der Waals surface area (Å²) in [7, 11) is 4.02. The van der Waals surface area contributed by atoms with Crippen LogP contribution in [-0.2, 0) is 12.1 Å². The zero-order valence-corrected chi connectivity index (χ0v) is 11.8. The Morgan fingerprint density at radius 2 is 2.00 bits per heavy atom. The minimum Gasteiger partial charge on any atom is -0.384 e. The summed E-state index contributed by atoms with van der Waals surface area (Å²) in [6.07, 6.45) is 2.89. The number of aliphatic hydroxyl groups is 1. The van der Waals surface area contributed by atoms with Gasteiger partial charge in [0.15, 0.2) is 0 Å².